The Labute approximate surface area is 174 Å². The molecule has 0 fully saturated rings. The van der Waals surface area contributed by atoms with Gasteiger partial charge in [-0.3, -0.25) is 10.1 Å². The first kappa shape index (κ1) is 18.4. The SMILES string of the molecule is Cc1nc(Nc2nc(C)c3ccccc3n2)nc2c1C(=O)CC(c1ccccc1)C2. The lowest BCUT2D eigenvalue weighted by atomic mass is 9.81. The van der Waals surface area contributed by atoms with Gasteiger partial charge in [-0.25, -0.2) is 19.9 Å². The molecule has 1 N–H and O–H groups in total. The molecule has 6 heteroatoms. The maximum Gasteiger partial charge on any atom is 0.230 e. The van der Waals surface area contributed by atoms with E-state index in [9.17, 15) is 4.79 Å². The summed E-state index contributed by atoms with van der Waals surface area (Å²) in [5, 5.41) is 4.16. The van der Waals surface area contributed by atoms with Gasteiger partial charge in [-0.15, -0.1) is 0 Å². The summed E-state index contributed by atoms with van der Waals surface area (Å²) in [6, 6.07) is 18.0. The fourth-order valence-electron chi connectivity index (χ4n) is 4.18. The fraction of sp³-hybridized carbons (Fsp3) is 0.208. The molecule has 0 aliphatic heterocycles. The number of ketones is 1. The van der Waals surface area contributed by atoms with Crippen LogP contribution in [0.3, 0.4) is 0 Å². The number of rotatable bonds is 3. The van der Waals surface area contributed by atoms with Crippen LogP contribution < -0.4 is 5.32 Å². The Kier molecular flexibility index (Phi) is 4.47. The van der Waals surface area contributed by atoms with Crippen LogP contribution in [-0.4, -0.2) is 25.7 Å². The van der Waals surface area contributed by atoms with Crippen molar-refractivity contribution in [1.29, 1.82) is 0 Å². The molecule has 0 saturated carbocycles. The van der Waals surface area contributed by atoms with Crippen molar-refractivity contribution in [2.24, 2.45) is 0 Å². The van der Waals surface area contributed by atoms with Crippen LogP contribution in [0, 0.1) is 13.8 Å². The van der Waals surface area contributed by atoms with Crippen LogP contribution in [-0.2, 0) is 6.42 Å². The van der Waals surface area contributed by atoms with Gasteiger partial charge in [0.05, 0.1) is 28.2 Å². The predicted molar refractivity (Wildman–Crippen MR) is 116 cm³/mol. The van der Waals surface area contributed by atoms with Gasteiger partial charge in [-0.2, -0.15) is 0 Å². The fourth-order valence-corrected chi connectivity index (χ4v) is 4.18. The quantitative estimate of drug-likeness (QED) is 0.542. The van der Waals surface area contributed by atoms with E-state index in [0.717, 1.165) is 27.9 Å². The molecule has 1 aliphatic carbocycles. The number of anilines is 2. The molecular formula is C24H21N5O. The zero-order valence-electron chi connectivity index (χ0n) is 16.9. The highest BCUT2D eigenvalue weighted by Gasteiger charge is 2.30. The minimum atomic E-state index is 0.104. The maximum absolute atomic E-state index is 12.8. The number of Topliss-reactive ketones (excluding diaryl/α,β-unsaturated/α-hetero) is 1. The highest BCUT2D eigenvalue weighted by atomic mass is 16.1. The average molecular weight is 395 g/mol. The molecule has 0 saturated heterocycles. The molecule has 1 atom stereocenters. The summed E-state index contributed by atoms with van der Waals surface area (Å²) in [6.45, 7) is 3.82. The van der Waals surface area contributed by atoms with Crippen molar-refractivity contribution in [3.05, 3.63) is 82.8 Å². The van der Waals surface area contributed by atoms with Gasteiger partial charge in [-0.05, 0) is 37.8 Å². The van der Waals surface area contributed by atoms with Crippen molar-refractivity contribution in [1.82, 2.24) is 19.9 Å². The second kappa shape index (κ2) is 7.30. The van der Waals surface area contributed by atoms with Gasteiger partial charge in [-0.1, -0.05) is 48.5 Å². The zero-order chi connectivity index (χ0) is 20.7. The monoisotopic (exact) mass is 395 g/mol. The van der Waals surface area contributed by atoms with Crippen molar-refractivity contribution < 1.29 is 4.79 Å². The number of para-hydroxylation sites is 1. The first-order valence-corrected chi connectivity index (χ1v) is 10.0. The van der Waals surface area contributed by atoms with Crippen LogP contribution in [0.1, 0.15) is 45.3 Å². The Hall–Kier alpha value is -3.67. The molecule has 4 aromatic rings. The molecule has 5 rings (SSSR count). The number of hydrogen-bond acceptors (Lipinski definition) is 6. The van der Waals surface area contributed by atoms with Gasteiger partial charge in [0.25, 0.3) is 0 Å². The number of aryl methyl sites for hydroxylation is 2. The lowest BCUT2D eigenvalue weighted by Gasteiger charge is -2.24. The molecule has 2 aromatic carbocycles. The van der Waals surface area contributed by atoms with Gasteiger partial charge >= 0.3 is 0 Å². The largest absolute Gasteiger partial charge is 0.294 e. The van der Waals surface area contributed by atoms with E-state index in [1.54, 1.807) is 0 Å². The topological polar surface area (TPSA) is 80.7 Å². The predicted octanol–water partition coefficient (Wildman–Crippen LogP) is 4.69. The molecule has 2 aromatic heterocycles. The van der Waals surface area contributed by atoms with Gasteiger partial charge in [0, 0.05) is 11.8 Å². The third-order valence-electron chi connectivity index (χ3n) is 5.60. The zero-order valence-corrected chi connectivity index (χ0v) is 16.9. The third kappa shape index (κ3) is 3.30. The lowest BCUT2D eigenvalue weighted by molar-refractivity contribution is 0.0962. The van der Waals surface area contributed by atoms with E-state index in [1.807, 2.05) is 56.3 Å². The van der Waals surface area contributed by atoms with E-state index in [-0.39, 0.29) is 11.7 Å². The molecule has 0 radical (unpaired) electrons. The average Bonchev–Trinajstić information content (AvgIpc) is 2.74. The molecule has 0 bridgehead atoms. The number of nitrogens with zero attached hydrogens (tertiary/aromatic N) is 4. The minimum Gasteiger partial charge on any atom is -0.294 e. The summed E-state index contributed by atoms with van der Waals surface area (Å²) >= 11 is 0. The van der Waals surface area contributed by atoms with Crippen molar-refractivity contribution in [3.63, 3.8) is 0 Å². The maximum atomic E-state index is 12.8. The molecule has 0 amide bonds. The van der Waals surface area contributed by atoms with Crippen molar-refractivity contribution >= 4 is 28.6 Å². The van der Waals surface area contributed by atoms with E-state index in [2.05, 4.69) is 37.4 Å². The number of carbonyl (C=O) groups is 1. The standard InChI is InChI=1S/C24H21N5O/c1-14-18-10-6-7-11-19(18)27-23(25-14)29-24-26-15(2)22-20(28-24)12-17(13-21(22)30)16-8-4-3-5-9-16/h3-11,17H,12-13H2,1-2H3,(H,25,26,27,28,29). The summed E-state index contributed by atoms with van der Waals surface area (Å²) < 4.78 is 0. The Morgan fingerprint density at radius 3 is 2.33 bits per heavy atom. The van der Waals surface area contributed by atoms with E-state index in [4.69, 9.17) is 0 Å². The van der Waals surface area contributed by atoms with Crippen LogP contribution >= 0.6 is 0 Å². The second-order valence-corrected chi connectivity index (χ2v) is 7.67. The summed E-state index contributed by atoms with van der Waals surface area (Å²) in [7, 11) is 0. The number of benzene rings is 2. The Morgan fingerprint density at radius 1 is 0.800 bits per heavy atom. The Balaban J connectivity index is 1.50. The molecule has 148 valence electrons. The normalized spacial score (nSPS) is 15.8. The van der Waals surface area contributed by atoms with Crippen LogP contribution in [0.2, 0.25) is 0 Å². The van der Waals surface area contributed by atoms with Crippen LogP contribution in [0.5, 0.6) is 0 Å². The molecule has 6 nitrogen and oxygen atoms in total. The number of aromatic nitrogens is 4. The lowest BCUT2D eigenvalue weighted by Crippen LogP contribution is -2.23. The van der Waals surface area contributed by atoms with Crippen molar-refractivity contribution in [2.45, 2.75) is 32.6 Å². The molecule has 2 heterocycles. The first-order chi connectivity index (χ1) is 14.6. The van der Waals surface area contributed by atoms with Gasteiger partial charge in [0.1, 0.15) is 0 Å². The Morgan fingerprint density at radius 2 is 1.50 bits per heavy atom. The second-order valence-electron chi connectivity index (χ2n) is 7.67. The smallest absolute Gasteiger partial charge is 0.230 e. The van der Waals surface area contributed by atoms with Crippen LogP contribution in [0.25, 0.3) is 10.9 Å². The van der Waals surface area contributed by atoms with Gasteiger partial charge in [0.15, 0.2) is 5.78 Å². The van der Waals surface area contributed by atoms with Crippen molar-refractivity contribution in [3.8, 4) is 0 Å². The van der Waals surface area contributed by atoms with Crippen LogP contribution in [0.4, 0.5) is 11.9 Å². The first-order valence-electron chi connectivity index (χ1n) is 10.0. The summed E-state index contributed by atoms with van der Waals surface area (Å²) in [5.41, 5.74) is 5.04. The number of fused-ring (bicyclic) bond motifs is 2. The van der Waals surface area contributed by atoms with E-state index >= 15 is 0 Å². The number of nitrogens with one attached hydrogen (secondary N) is 1. The molecule has 30 heavy (non-hydrogen) atoms. The Bertz CT molecular complexity index is 1270. The highest BCUT2D eigenvalue weighted by molar-refractivity contribution is 5.99. The van der Waals surface area contributed by atoms with E-state index in [1.165, 1.54) is 0 Å². The van der Waals surface area contributed by atoms with E-state index < -0.39 is 0 Å². The summed E-state index contributed by atoms with van der Waals surface area (Å²) in [4.78, 5) is 31.2. The molecule has 1 unspecified atom stereocenters. The number of carbonyl (C=O) groups excluding carboxylic acids is 1. The molecule has 0 spiro atoms. The minimum absolute atomic E-state index is 0.104. The van der Waals surface area contributed by atoms with Crippen molar-refractivity contribution in [2.75, 3.05) is 5.32 Å². The summed E-state index contributed by atoms with van der Waals surface area (Å²) in [5.74, 6) is 1.11. The summed E-state index contributed by atoms with van der Waals surface area (Å²) in [6.07, 6.45) is 1.20. The molecule has 1 aliphatic rings. The highest BCUT2D eigenvalue weighted by Crippen LogP contribution is 2.33. The van der Waals surface area contributed by atoms with E-state index in [0.29, 0.717) is 36.0 Å². The molecular weight excluding hydrogens is 374 g/mol. The van der Waals surface area contributed by atoms with Crippen LogP contribution in [0.15, 0.2) is 54.6 Å². The van der Waals surface area contributed by atoms with Gasteiger partial charge < -0.3 is 0 Å². The van der Waals surface area contributed by atoms with Gasteiger partial charge in [0.2, 0.25) is 11.9 Å². The third-order valence-corrected chi connectivity index (χ3v) is 5.60. The number of hydrogen-bond donors (Lipinski definition) is 1.